The van der Waals surface area contributed by atoms with Crippen LogP contribution in [0.1, 0.15) is 56.8 Å². The number of methoxy groups -OCH3 is 1. The summed E-state index contributed by atoms with van der Waals surface area (Å²) >= 11 is 0. The number of fused-ring (bicyclic) bond motifs is 3. The topological polar surface area (TPSA) is 65.7 Å². The van der Waals surface area contributed by atoms with Gasteiger partial charge in [-0.15, -0.1) is 0 Å². The van der Waals surface area contributed by atoms with E-state index in [9.17, 15) is 9.59 Å². The summed E-state index contributed by atoms with van der Waals surface area (Å²) in [5, 5.41) is 0. The van der Waals surface area contributed by atoms with Crippen molar-refractivity contribution in [3.63, 3.8) is 0 Å². The number of hydrogen-bond acceptors (Lipinski definition) is 5. The van der Waals surface area contributed by atoms with Crippen LogP contribution in [0.25, 0.3) is 0 Å². The maximum absolute atomic E-state index is 12.9. The zero-order chi connectivity index (χ0) is 18.7. The fourth-order valence-corrected chi connectivity index (χ4v) is 5.31. The molecular weight excluding hydrogens is 332 g/mol. The molecule has 2 bridgehead atoms. The van der Waals surface area contributed by atoms with E-state index >= 15 is 0 Å². The Morgan fingerprint density at radius 2 is 2.15 bits per heavy atom. The van der Waals surface area contributed by atoms with Gasteiger partial charge in [-0.25, -0.2) is 0 Å². The van der Waals surface area contributed by atoms with Gasteiger partial charge in [-0.2, -0.15) is 0 Å². The van der Waals surface area contributed by atoms with E-state index in [2.05, 4.69) is 13.8 Å². The van der Waals surface area contributed by atoms with E-state index < -0.39 is 5.41 Å². The van der Waals surface area contributed by atoms with Crippen LogP contribution < -0.4 is 0 Å². The molecule has 0 amide bonds. The van der Waals surface area contributed by atoms with Gasteiger partial charge in [-0.05, 0) is 36.3 Å². The van der Waals surface area contributed by atoms with Crippen molar-refractivity contribution in [3.8, 4) is 0 Å². The van der Waals surface area contributed by atoms with Gasteiger partial charge >= 0.3 is 5.97 Å². The normalized spacial score (nSPS) is 38.9. The van der Waals surface area contributed by atoms with Crippen molar-refractivity contribution >= 4 is 11.8 Å². The summed E-state index contributed by atoms with van der Waals surface area (Å²) in [7, 11) is 1.71. The highest BCUT2D eigenvalue weighted by Crippen LogP contribution is 2.60. The lowest BCUT2D eigenvalue weighted by atomic mass is 9.54. The van der Waals surface area contributed by atoms with E-state index in [-0.39, 0.29) is 35.3 Å². The van der Waals surface area contributed by atoms with Crippen molar-refractivity contribution in [1.29, 1.82) is 0 Å². The summed E-state index contributed by atoms with van der Waals surface area (Å²) in [6, 6.07) is 1.71. The molecule has 140 valence electrons. The molecule has 1 aliphatic heterocycles. The van der Waals surface area contributed by atoms with Crippen LogP contribution in [0.4, 0.5) is 0 Å². The predicted octanol–water partition coefficient (Wildman–Crippen LogP) is 3.94. The average Bonchev–Trinajstić information content (AvgIpc) is 3.19. The zero-order valence-electron chi connectivity index (χ0n) is 15.8. The number of carbonyl (C=O) groups excluding carboxylic acids is 2. The largest absolute Gasteiger partial charge is 0.472 e. The van der Waals surface area contributed by atoms with Gasteiger partial charge in [0.05, 0.1) is 23.3 Å². The molecule has 0 radical (unpaired) electrons. The van der Waals surface area contributed by atoms with Crippen LogP contribution in [0.5, 0.6) is 0 Å². The maximum atomic E-state index is 12.9. The van der Waals surface area contributed by atoms with Gasteiger partial charge in [0.25, 0.3) is 0 Å². The molecule has 0 N–H and O–H groups in total. The second-order valence-electron chi connectivity index (χ2n) is 8.55. The molecule has 1 aromatic rings. The van der Waals surface area contributed by atoms with Gasteiger partial charge in [0.15, 0.2) is 5.78 Å². The summed E-state index contributed by atoms with van der Waals surface area (Å²) in [6.45, 7) is 6.32. The van der Waals surface area contributed by atoms with Crippen LogP contribution in [0, 0.1) is 16.7 Å². The van der Waals surface area contributed by atoms with E-state index in [4.69, 9.17) is 13.9 Å². The molecule has 1 saturated heterocycles. The van der Waals surface area contributed by atoms with E-state index in [1.165, 1.54) is 18.1 Å². The lowest BCUT2D eigenvalue weighted by molar-refractivity contribution is -0.146. The first-order chi connectivity index (χ1) is 12.3. The summed E-state index contributed by atoms with van der Waals surface area (Å²) in [4.78, 5) is 25.5. The van der Waals surface area contributed by atoms with Gasteiger partial charge in [0.1, 0.15) is 12.4 Å². The van der Waals surface area contributed by atoms with Crippen LogP contribution >= 0.6 is 0 Å². The van der Waals surface area contributed by atoms with Crippen molar-refractivity contribution in [2.45, 2.75) is 58.7 Å². The smallest absolute Gasteiger partial charge is 0.316 e. The Morgan fingerprint density at radius 3 is 2.81 bits per heavy atom. The van der Waals surface area contributed by atoms with Crippen LogP contribution in [-0.4, -0.2) is 31.1 Å². The molecule has 1 aromatic heterocycles. The van der Waals surface area contributed by atoms with Gasteiger partial charge in [0, 0.05) is 26.4 Å². The highest BCUT2D eigenvalue weighted by atomic mass is 16.6. The third-order valence-corrected chi connectivity index (χ3v) is 7.03. The van der Waals surface area contributed by atoms with Crippen LogP contribution in [0.15, 0.2) is 34.2 Å². The third kappa shape index (κ3) is 2.33. The fourth-order valence-electron chi connectivity index (χ4n) is 5.31. The fraction of sp³-hybridized carbons (Fsp3) is 0.619. The average molecular weight is 358 g/mol. The molecule has 0 spiro atoms. The Balaban J connectivity index is 1.80. The van der Waals surface area contributed by atoms with Gasteiger partial charge in [-0.3, -0.25) is 9.59 Å². The first-order valence-electron chi connectivity index (χ1n) is 9.33. The van der Waals surface area contributed by atoms with Crippen molar-refractivity contribution in [2.75, 3.05) is 7.11 Å². The highest BCUT2D eigenvalue weighted by Gasteiger charge is 2.59. The Morgan fingerprint density at radius 1 is 1.38 bits per heavy atom. The first kappa shape index (κ1) is 17.5. The Hall–Kier alpha value is -1.88. The molecule has 0 unspecified atom stereocenters. The molecule has 2 heterocycles. The zero-order valence-corrected chi connectivity index (χ0v) is 15.8. The molecular formula is C21H26O5. The molecule has 5 heteroatoms. The van der Waals surface area contributed by atoms with Gasteiger partial charge in [-0.1, -0.05) is 19.4 Å². The SMILES string of the molecule is CO[C@@H]1C[C@@H](C)[C@](C)(CC(=O)c2ccoc2)C2=C1[C@]1(C)C[C@H](C2)OC1=O. The van der Waals surface area contributed by atoms with Crippen molar-refractivity contribution in [2.24, 2.45) is 16.7 Å². The number of esters is 1. The third-order valence-electron chi connectivity index (χ3n) is 7.03. The van der Waals surface area contributed by atoms with Crippen LogP contribution in [0.2, 0.25) is 0 Å². The minimum Gasteiger partial charge on any atom is -0.472 e. The number of hydrogen-bond donors (Lipinski definition) is 0. The molecule has 0 aromatic carbocycles. The molecule has 5 atom stereocenters. The summed E-state index contributed by atoms with van der Waals surface area (Å²) < 4.78 is 16.5. The predicted molar refractivity (Wildman–Crippen MR) is 94.6 cm³/mol. The van der Waals surface area contributed by atoms with E-state index in [1.54, 1.807) is 13.2 Å². The summed E-state index contributed by atoms with van der Waals surface area (Å²) in [6.07, 6.45) is 5.48. The highest BCUT2D eigenvalue weighted by molar-refractivity contribution is 5.96. The monoisotopic (exact) mass is 358 g/mol. The first-order valence-corrected chi connectivity index (χ1v) is 9.33. The Labute approximate surface area is 153 Å². The van der Waals surface area contributed by atoms with E-state index in [0.29, 0.717) is 24.8 Å². The lowest BCUT2D eigenvalue weighted by Crippen LogP contribution is -2.47. The number of rotatable bonds is 4. The number of furan rings is 1. The summed E-state index contributed by atoms with van der Waals surface area (Å²) in [5.41, 5.74) is 1.93. The molecule has 2 aliphatic carbocycles. The van der Waals surface area contributed by atoms with E-state index in [0.717, 1.165) is 12.0 Å². The van der Waals surface area contributed by atoms with Gasteiger partial charge in [0.2, 0.25) is 0 Å². The van der Waals surface area contributed by atoms with E-state index in [1.807, 2.05) is 6.92 Å². The second-order valence-corrected chi connectivity index (χ2v) is 8.55. The molecule has 3 aliphatic rings. The quantitative estimate of drug-likeness (QED) is 0.463. The second kappa shape index (κ2) is 5.81. The van der Waals surface area contributed by atoms with Crippen LogP contribution in [0.3, 0.4) is 0 Å². The molecule has 5 nitrogen and oxygen atoms in total. The lowest BCUT2D eigenvalue weighted by Gasteiger charge is -2.50. The van der Waals surface area contributed by atoms with Gasteiger partial charge < -0.3 is 13.9 Å². The minimum absolute atomic E-state index is 0.0751. The molecule has 26 heavy (non-hydrogen) atoms. The molecule has 1 fully saturated rings. The Kier molecular flexibility index (Phi) is 3.92. The minimum atomic E-state index is -0.626. The molecule has 4 rings (SSSR count). The number of ketones is 1. The maximum Gasteiger partial charge on any atom is 0.316 e. The van der Waals surface area contributed by atoms with Crippen LogP contribution in [-0.2, 0) is 14.3 Å². The number of carbonyl (C=O) groups is 2. The van der Waals surface area contributed by atoms with Crippen molar-refractivity contribution in [1.82, 2.24) is 0 Å². The van der Waals surface area contributed by atoms with Crippen molar-refractivity contribution < 1.29 is 23.5 Å². The Bertz CT molecular complexity index is 776. The number of ether oxygens (including phenoxy) is 2. The number of Topliss-reactive ketones (excluding diaryl/α,β-unsaturated/α-hetero) is 1. The molecule has 0 saturated carbocycles. The standard InChI is InChI=1S/C21H26O5/c1-12-7-17(24-4)18-15(8-14-9-21(18,3)19(23)26-14)20(12,2)10-16(22)13-5-6-25-11-13/h5-6,11-12,14,17H,7-10H2,1-4H3/t12-,14+,17-,20+,21+/m1/s1. The van der Waals surface area contributed by atoms with Crippen molar-refractivity contribution in [3.05, 3.63) is 35.3 Å². The summed E-state index contributed by atoms with van der Waals surface area (Å²) in [5.74, 6) is 0.192.